The zero-order valence-corrected chi connectivity index (χ0v) is 16.6. The van der Waals surface area contributed by atoms with Gasteiger partial charge in [-0.2, -0.15) is 0 Å². The van der Waals surface area contributed by atoms with Crippen LogP contribution in [0.15, 0.2) is 42.5 Å². The van der Waals surface area contributed by atoms with Gasteiger partial charge >= 0.3 is 6.09 Å². The lowest BCUT2D eigenvalue weighted by atomic mass is 9.95. The number of carbonyl (C=O) groups excluding carboxylic acids is 2. The average molecular weight is 385 g/mol. The molecule has 5 nitrogen and oxygen atoms in total. The first-order valence-electron chi connectivity index (χ1n) is 10.7. The number of rotatable bonds is 6. The largest absolute Gasteiger partial charge is 0.445 e. The fourth-order valence-corrected chi connectivity index (χ4v) is 4.05. The molecule has 5 heteroatoms. The van der Waals surface area contributed by atoms with Crippen LogP contribution in [-0.4, -0.2) is 35.5 Å². The first-order chi connectivity index (χ1) is 13.7. The van der Waals surface area contributed by atoms with Crippen LogP contribution in [-0.2, 0) is 16.1 Å². The normalized spacial score (nSPS) is 20.9. The van der Waals surface area contributed by atoms with E-state index in [1.165, 1.54) is 19.3 Å². The Kier molecular flexibility index (Phi) is 7.94. The molecule has 1 heterocycles. The molecule has 2 fully saturated rings. The maximum atomic E-state index is 12.5. The van der Waals surface area contributed by atoms with E-state index in [-0.39, 0.29) is 24.6 Å². The number of likely N-dealkylation sites (tertiary alicyclic amines) is 1. The van der Waals surface area contributed by atoms with Crippen LogP contribution >= 0.6 is 0 Å². The number of ether oxygens (including phenoxy) is 1. The minimum absolute atomic E-state index is 0.0134. The summed E-state index contributed by atoms with van der Waals surface area (Å²) in [4.78, 5) is 26.5. The van der Waals surface area contributed by atoms with E-state index in [1.807, 2.05) is 42.5 Å². The van der Waals surface area contributed by atoms with Gasteiger partial charge in [0, 0.05) is 19.0 Å². The third-order valence-electron chi connectivity index (χ3n) is 5.62. The van der Waals surface area contributed by atoms with Gasteiger partial charge in [0.05, 0.1) is 6.04 Å². The quantitative estimate of drug-likeness (QED) is 0.731. The molecule has 0 radical (unpaired) electrons. The molecule has 0 bridgehead atoms. The molecule has 1 saturated heterocycles. The van der Waals surface area contributed by atoms with Gasteiger partial charge in [-0.25, -0.2) is 4.79 Å². The highest BCUT2D eigenvalue weighted by molar-refractivity contribution is 5.77. The third-order valence-corrected chi connectivity index (χ3v) is 5.62. The molecule has 1 aromatic rings. The van der Waals surface area contributed by atoms with Crippen LogP contribution in [0.5, 0.6) is 0 Å². The smallest absolute Gasteiger partial charge is 0.410 e. The lowest BCUT2D eigenvalue weighted by molar-refractivity contribution is -0.121. The van der Waals surface area contributed by atoms with Crippen molar-refractivity contribution in [1.82, 2.24) is 10.2 Å². The summed E-state index contributed by atoms with van der Waals surface area (Å²) in [6.07, 6.45) is 12.9. The van der Waals surface area contributed by atoms with Gasteiger partial charge in [0.15, 0.2) is 0 Å². The third kappa shape index (κ3) is 6.39. The number of nitrogens with zero attached hydrogens (tertiary/aromatic N) is 1. The molecule has 1 N–H and O–H groups in total. The van der Waals surface area contributed by atoms with Gasteiger partial charge < -0.3 is 15.0 Å². The van der Waals surface area contributed by atoms with Crippen LogP contribution in [0, 0.1) is 0 Å². The van der Waals surface area contributed by atoms with Gasteiger partial charge in [-0.05, 0) is 37.7 Å². The van der Waals surface area contributed by atoms with Crippen molar-refractivity contribution in [2.24, 2.45) is 0 Å². The highest BCUT2D eigenvalue weighted by Crippen LogP contribution is 2.20. The zero-order valence-electron chi connectivity index (χ0n) is 16.6. The fraction of sp³-hybridized carbons (Fsp3) is 0.565. The van der Waals surface area contributed by atoms with Crippen molar-refractivity contribution in [3.8, 4) is 0 Å². The minimum Gasteiger partial charge on any atom is -0.445 e. The Morgan fingerprint density at radius 1 is 1.04 bits per heavy atom. The first-order valence-corrected chi connectivity index (χ1v) is 10.7. The summed E-state index contributed by atoms with van der Waals surface area (Å²) in [5.41, 5.74) is 0.985. The van der Waals surface area contributed by atoms with Crippen molar-refractivity contribution in [2.45, 2.75) is 76.5 Å². The molecular weight excluding hydrogens is 352 g/mol. The lowest BCUT2D eigenvalue weighted by Crippen LogP contribution is -2.43. The number of nitrogens with one attached hydrogen (secondary N) is 1. The van der Waals surface area contributed by atoms with Crippen LogP contribution in [0.25, 0.3) is 0 Å². The van der Waals surface area contributed by atoms with E-state index in [1.54, 1.807) is 4.90 Å². The molecule has 1 aromatic carbocycles. The Bertz CT molecular complexity index is 653. The van der Waals surface area contributed by atoms with Gasteiger partial charge in [-0.1, -0.05) is 61.7 Å². The van der Waals surface area contributed by atoms with Crippen molar-refractivity contribution in [1.29, 1.82) is 0 Å². The second-order valence-corrected chi connectivity index (χ2v) is 7.83. The van der Waals surface area contributed by atoms with Crippen LogP contribution in [0.2, 0.25) is 0 Å². The topological polar surface area (TPSA) is 58.6 Å². The summed E-state index contributed by atoms with van der Waals surface area (Å²) in [7, 11) is 0. The number of hydrogen-bond acceptors (Lipinski definition) is 3. The van der Waals surface area contributed by atoms with E-state index in [9.17, 15) is 9.59 Å². The summed E-state index contributed by atoms with van der Waals surface area (Å²) < 4.78 is 5.50. The predicted octanol–water partition coefficient (Wildman–Crippen LogP) is 4.57. The van der Waals surface area contributed by atoms with Crippen molar-refractivity contribution in [3.05, 3.63) is 48.0 Å². The molecule has 0 aromatic heterocycles. The number of carbonyl (C=O) groups is 2. The molecule has 1 unspecified atom stereocenters. The average Bonchev–Trinajstić information content (AvgIpc) is 2.74. The maximum absolute atomic E-state index is 12.5. The van der Waals surface area contributed by atoms with Gasteiger partial charge in [-0.15, -0.1) is 0 Å². The molecule has 0 spiro atoms. The number of piperidine rings is 1. The Balaban J connectivity index is 1.46. The Morgan fingerprint density at radius 2 is 1.79 bits per heavy atom. The maximum Gasteiger partial charge on any atom is 0.410 e. The van der Waals surface area contributed by atoms with Crippen molar-refractivity contribution in [2.75, 3.05) is 6.54 Å². The second-order valence-electron chi connectivity index (χ2n) is 7.83. The Labute approximate surface area is 168 Å². The molecule has 2 amide bonds. The van der Waals surface area contributed by atoms with Crippen molar-refractivity contribution >= 4 is 12.0 Å². The monoisotopic (exact) mass is 384 g/mol. The van der Waals surface area contributed by atoms with E-state index >= 15 is 0 Å². The highest BCUT2D eigenvalue weighted by atomic mass is 16.6. The second kappa shape index (κ2) is 10.9. The van der Waals surface area contributed by atoms with Crippen molar-refractivity contribution in [3.63, 3.8) is 0 Å². The van der Waals surface area contributed by atoms with Gasteiger partial charge in [-0.3, -0.25) is 4.79 Å². The van der Waals surface area contributed by atoms with Crippen LogP contribution < -0.4 is 5.32 Å². The molecule has 1 aliphatic heterocycles. The molecule has 28 heavy (non-hydrogen) atoms. The molecule has 1 aliphatic carbocycles. The van der Waals surface area contributed by atoms with E-state index in [0.29, 0.717) is 19.0 Å². The summed E-state index contributed by atoms with van der Waals surface area (Å²) >= 11 is 0. The molecule has 1 saturated carbocycles. The van der Waals surface area contributed by atoms with Gasteiger partial charge in [0.25, 0.3) is 0 Å². The lowest BCUT2D eigenvalue weighted by Gasteiger charge is -2.33. The predicted molar refractivity (Wildman–Crippen MR) is 110 cm³/mol. The van der Waals surface area contributed by atoms with E-state index in [4.69, 9.17) is 4.74 Å². The molecular formula is C23H32N2O3. The Hall–Kier alpha value is -2.30. The van der Waals surface area contributed by atoms with Crippen LogP contribution in [0.4, 0.5) is 4.79 Å². The SMILES string of the molecule is O=C(C/C=C/C1CCCCN1C(=O)OCc1ccccc1)NC1CCCCC1. The summed E-state index contributed by atoms with van der Waals surface area (Å²) in [6.45, 7) is 0.993. The summed E-state index contributed by atoms with van der Waals surface area (Å²) in [5.74, 6) is 0.0807. The molecule has 1 atom stereocenters. The van der Waals surface area contributed by atoms with E-state index in [2.05, 4.69) is 5.32 Å². The molecule has 152 valence electrons. The highest BCUT2D eigenvalue weighted by Gasteiger charge is 2.26. The first kappa shape index (κ1) is 20.4. The summed E-state index contributed by atoms with van der Waals surface area (Å²) in [6, 6.07) is 10.1. The van der Waals surface area contributed by atoms with E-state index in [0.717, 1.165) is 37.7 Å². The van der Waals surface area contributed by atoms with Gasteiger partial charge in [0.2, 0.25) is 5.91 Å². The van der Waals surface area contributed by atoms with E-state index < -0.39 is 0 Å². The fourth-order valence-electron chi connectivity index (χ4n) is 4.05. The number of amides is 2. The Morgan fingerprint density at radius 3 is 2.57 bits per heavy atom. The number of benzene rings is 1. The molecule has 3 rings (SSSR count). The number of hydrogen-bond donors (Lipinski definition) is 1. The van der Waals surface area contributed by atoms with Crippen molar-refractivity contribution < 1.29 is 14.3 Å². The summed E-state index contributed by atoms with van der Waals surface area (Å²) in [5, 5.41) is 3.13. The minimum atomic E-state index is -0.273. The standard InChI is InChI=1S/C23H32N2O3/c26-22(24-20-12-5-2-6-13-20)16-9-15-21-14-7-8-17-25(21)23(27)28-18-19-10-3-1-4-11-19/h1,3-4,9-11,15,20-21H,2,5-8,12-14,16-18H2,(H,24,26)/b15-9+. The van der Waals surface area contributed by atoms with Crippen LogP contribution in [0.1, 0.15) is 63.4 Å². The van der Waals surface area contributed by atoms with Crippen LogP contribution in [0.3, 0.4) is 0 Å². The molecule has 2 aliphatic rings. The zero-order chi connectivity index (χ0) is 19.6. The van der Waals surface area contributed by atoms with Gasteiger partial charge in [0.1, 0.15) is 6.61 Å².